The fourth-order valence-corrected chi connectivity index (χ4v) is 2.06. The van der Waals surface area contributed by atoms with E-state index in [0.29, 0.717) is 11.7 Å². The van der Waals surface area contributed by atoms with Crippen LogP contribution in [0.2, 0.25) is 0 Å². The lowest BCUT2D eigenvalue weighted by Crippen LogP contribution is -2.21. The highest BCUT2D eigenvalue weighted by Crippen LogP contribution is 2.23. The van der Waals surface area contributed by atoms with Crippen LogP contribution >= 0.6 is 0 Å². The molecular formula is C16H19N3O2. The third-order valence-electron chi connectivity index (χ3n) is 3.05. The van der Waals surface area contributed by atoms with Gasteiger partial charge in [-0.05, 0) is 42.2 Å². The number of rotatable bonds is 5. The van der Waals surface area contributed by atoms with E-state index in [4.69, 9.17) is 4.74 Å². The Morgan fingerprint density at radius 1 is 1.29 bits per heavy atom. The average Bonchev–Trinajstić information content (AvgIpc) is 2.46. The molecule has 5 nitrogen and oxygen atoms in total. The van der Waals surface area contributed by atoms with Crippen molar-refractivity contribution in [3.63, 3.8) is 0 Å². The molecule has 0 aliphatic heterocycles. The van der Waals surface area contributed by atoms with Crippen molar-refractivity contribution >= 4 is 11.9 Å². The van der Waals surface area contributed by atoms with Gasteiger partial charge in [-0.25, -0.2) is 9.97 Å². The lowest BCUT2D eigenvalue weighted by atomic mass is 9.98. The van der Waals surface area contributed by atoms with Crippen LogP contribution < -0.4 is 10.1 Å². The summed E-state index contributed by atoms with van der Waals surface area (Å²) in [7, 11) is 0. The molecule has 0 aliphatic rings. The summed E-state index contributed by atoms with van der Waals surface area (Å²) < 4.78 is 5.49. The third-order valence-corrected chi connectivity index (χ3v) is 3.05. The summed E-state index contributed by atoms with van der Waals surface area (Å²) in [5, 5.41) is 2.57. The molecule has 1 amide bonds. The lowest BCUT2D eigenvalue weighted by Gasteiger charge is -2.12. The maximum atomic E-state index is 11.7. The molecule has 0 spiro atoms. The van der Waals surface area contributed by atoms with Crippen LogP contribution in [0.15, 0.2) is 36.7 Å². The summed E-state index contributed by atoms with van der Waals surface area (Å²) in [5.74, 6) is 1.14. The number of carbonyl (C=O) groups is 1. The normalized spacial score (nSPS) is 10.5. The van der Waals surface area contributed by atoms with Crippen LogP contribution in [0.25, 0.3) is 0 Å². The predicted molar refractivity (Wildman–Crippen MR) is 81.4 cm³/mol. The summed E-state index contributed by atoms with van der Waals surface area (Å²) in [5.41, 5.74) is 2.44. The van der Waals surface area contributed by atoms with Crippen molar-refractivity contribution in [1.29, 1.82) is 0 Å². The summed E-state index contributed by atoms with van der Waals surface area (Å²) in [6.45, 7) is 6.27. The van der Waals surface area contributed by atoms with Crippen molar-refractivity contribution in [3.8, 4) is 5.75 Å². The third kappa shape index (κ3) is 4.27. The van der Waals surface area contributed by atoms with E-state index in [1.807, 2.05) is 25.1 Å². The second-order valence-corrected chi connectivity index (χ2v) is 5.08. The highest BCUT2D eigenvalue weighted by atomic mass is 16.5. The molecule has 1 N–H and O–H groups in total. The Morgan fingerprint density at radius 3 is 2.62 bits per heavy atom. The van der Waals surface area contributed by atoms with E-state index in [2.05, 4.69) is 29.1 Å². The van der Waals surface area contributed by atoms with Gasteiger partial charge < -0.3 is 4.74 Å². The van der Waals surface area contributed by atoms with Gasteiger partial charge in [-0.3, -0.25) is 10.1 Å². The largest absolute Gasteiger partial charge is 0.484 e. The Bertz CT molecular complexity index is 612. The minimum absolute atomic E-state index is 0.0707. The van der Waals surface area contributed by atoms with Gasteiger partial charge in [-0.1, -0.05) is 19.9 Å². The quantitative estimate of drug-likeness (QED) is 0.917. The smallest absolute Gasteiger partial charge is 0.264 e. The lowest BCUT2D eigenvalue weighted by molar-refractivity contribution is -0.118. The first kappa shape index (κ1) is 15.0. The van der Waals surface area contributed by atoms with Crippen LogP contribution in [0.1, 0.15) is 30.9 Å². The number of carbonyl (C=O) groups excluding carboxylic acids is 1. The van der Waals surface area contributed by atoms with Crippen molar-refractivity contribution in [2.75, 3.05) is 11.9 Å². The van der Waals surface area contributed by atoms with E-state index < -0.39 is 0 Å². The number of amides is 1. The number of ether oxygens (including phenoxy) is 1. The van der Waals surface area contributed by atoms with Crippen LogP contribution in [0.5, 0.6) is 5.75 Å². The molecule has 110 valence electrons. The zero-order valence-electron chi connectivity index (χ0n) is 12.5. The number of aryl methyl sites for hydroxylation is 1. The van der Waals surface area contributed by atoms with Gasteiger partial charge in [0.25, 0.3) is 5.91 Å². The molecule has 0 atom stereocenters. The minimum atomic E-state index is -0.285. The summed E-state index contributed by atoms with van der Waals surface area (Å²) >= 11 is 0. The summed E-state index contributed by atoms with van der Waals surface area (Å²) in [6.07, 6.45) is 3.13. The molecule has 0 bridgehead atoms. The fraction of sp³-hybridized carbons (Fsp3) is 0.312. The Kier molecular flexibility index (Phi) is 4.87. The molecule has 5 heteroatoms. The average molecular weight is 285 g/mol. The molecule has 0 aliphatic carbocycles. The van der Waals surface area contributed by atoms with Crippen molar-refractivity contribution in [1.82, 2.24) is 9.97 Å². The molecular weight excluding hydrogens is 266 g/mol. The maximum Gasteiger partial charge on any atom is 0.264 e. The number of nitrogens with one attached hydrogen (secondary N) is 1. The van der Waals surface area contributed by atoms with Crippen LogP contribution in [0.4, 0.5) is 5.95 Å². The number of hydrogen-bond donors (Lipinski definition) is 1. The predicted octanol–water partition coefficient (Wildman–Crippen LogP) is 2.93. The molecule has 0 unspecified atom stereocenters. The van der Waals surface area contributed by atoms with Gasteiger partial charge in [0, 0.05) is 12.4 Å². The summed E-state index contributed by atoms with van der Waals surface area (Å²) in [6, 6.07) is 7.55. The molecule has 0 saturated heterocycles. The first-order valence-corrected chi connectivity index (χ1v) is 6.86. The van der Waals surface area contributed by atoms with Crippen molar-refractivity contribution in [2.45, 2.75) is 26.7 Å². The van der Waals surface area contributed by atoms with E-state index in [9.17, 15) is 4.79 Å². The number of aromatic nitrogens is 2. The molecule has 0 fully saturated rings. The maximum absolute atomic E-state index is 11.7. The van der Waals surface area contributed by atoms with Gasteiger partial charge in [0.1, 0.15) is 5.75 Å². The van der Waals surface area contributed by atoms with E-state index in [1.54, 1.807) is 18.5 Å². The zero-order valence-corrected chi connectivity index (χ0v) is 12.5. The second kappa shape index (κ2) is 6.83. The van der Waals surface area contributed by atoms with Crippen molar-refractivity contribution in [3.05, 3.63) is 47.8 Å². The van der Waals surface area contributed by atoms with Gasteiger partial charge in [-0.15, -0.1) is 0 Å². The van der Waals surface area contributed by atoms with Crippen molar-refractivity contribution in [2.24, 2.45) is 0 Å². The molecule has 1 aromatic heterocycles. The Balaban J connectivity index is 1.91. The Morgan fingerprint density at radius 2 is 2.00 bits per heavy atom. The number of nitrogens with zero attached hydrogens (tertiary/aromatic N) is 2. The molecule has 2 rings (SSSR count). The number of hydrogen-bond acceptors (Lipinski definition) is 4. The fourth-order valence-electron chi connectivity index (χ4n) is 2.06. The molecule has 21 heavy (non-hydrogen) atoms. The van der Waals surface area contributed by atoms with Crippen LogP contribution in [0, 0.1) is 6.92 Å². The highest BCUT2D eigenvalue weighted by Gasteiger charge is 2.07. The zero-order chi connectivity index (χ0) is 15.2. The van der Waals surface area contributed by atoms with Crippen LogP contribution in [-0.4, -0.2) is 22.5 Å². The Hall–Kier alpha value is -2.43. The first-order chi connectivity index (χ1) is 10.1. The molecule has 1 aromatic carbocycles. The first-order valence-electron chi connectivity index (χ1n) is 6.86. The van der Waals surface area contributed by atoms with E-state index in [-0.39, 0.29) is 18.5 Å². The van der Waals surface area contributed by atoms with Gasteiger partial charge in [-0.2, -0.15) is 0 Å². The minimum Gasteiger partial charge on any atom is -0.484 e. The molecule has 2 aromatic rings. The topological polar surface area (TPSA) is 64.1 Å². The van der Waals surface area contributed by atoms with Crippen molar-refractivity contribution < 1.29 is 9.53 Å². The van der Waals surface area contributed by atoms with E-state index >= 15 is 0 Å². The highest BCUT2D eigenvalue weighted by molar-refractivity contribution is 5.90. The Labute approximate surface area is 124 Å². The van der Waals surface area contributed by atoms with E-state index in [1.165, 1.54) is 5.56 Å². The molecule has 1 heterocycles. The molecule has 0 radical (unpaired) electrons. The van der Waals surface area contributed by atoms with Gasteiger partial charge in [0.2, 0.25) is 5.95 Å². The van der Waals surface area contributed by atoms with Gasteiger partial charge in [0.15, 0.2) is 6.61 Å². The second-order valence-electron chi connectivity index (χ2n) is 5.08. The SMILES string of the molecule is Cc1cc(OCC(=O)Nc2ncccn2)ccc1C(C)C. The monoisotopic (exact) mass is 285 g/mol. The van der Waals surface area contributed by atoms with Gasteiger partial charge >= 0.3 is 0 Å². The summed E-state index contributed by atoms with van der Waals surface area (Å²) in [4.78, 5) is 19.6. The van der Waals surface area contributed by atoms with Crippen LogP contribution in [0.3, 0.4) is 0 Å². The molecule has 0 saturated carbocycles. The number of anilines is 1. The van der Waals surface area contributed by atoms with Gasteiger partial charge in [0.05, 0.1) is 0 Å². The van der Waals surface area contributed by atoms with E-state index in [0.717, 1.165) is 5.56 Å². The standard InChI is InChI=1S/C16H19N3O2/c1-11(2)14-6-5-13(9-12(14)3)21-10-15(20)19-16-17-7-4-8-18-16/h4-9,11H,10H2,1-3H3,(H,17,18,19,20). The van der Waals surface area contributed by atoms with Crippen LogP contribution in [-0.2, 0) is 4.79 Å². The number of benzene rings is 1.